The molecule has 0 unspecified atom stereocenters. The average molecular weight is 462 g/mol. The molecule has 1 aliphatic rings. The number of rotatable bonds is 7. The standard InChI is InChI=1S/C20H22F3NO4S2/c21-16-8-6-15(7-9-16)14-24(17-4-2-1-3-5-17)30(27,28)19-12-10-18(11-13-19)29(25,26)20(22)23/h6-13,17,20H,1-5,14H2. The van der Waals surface area contributed by atoms with Crippen LogP contribution in [0.5, 0.6) is 0 Å². The lowest BCUT2D eigenvalue weighted by Gasteiger charge is -2.33. The molecule has 5 nitrogen and oxygen atoms in total. The molecule has 1 fully saturated rings. The number of alkyl halides is 2. The molecule has 0 amide bonds. The highest BCUT2D eigenvalue weighted by molar-refractivity contribution is 7.91. The van der Waals surface area contributed by atoms with Crippen molar-refractivity contribution in [2.24, 2.45) is 0 Å². The van der Waals surface area contributed by atoms with Gasteiger partial charge in [0.25, 0.3) is 0 Å². The lowest BCUT2D eigenvalue weighted by atomic mass is 9.95. The first-order valence-corrected chi connectivity index (χ1v) is 12.5. The van der Waals surface area contributed by atoms with Crippen LogP contribution in [0.25, 0.3) is 0 Å². The largest absolute Gasteiger partial charge is 0.341 e. The van der Waals surface area contributed by atoms with Crippen molar-refractivity contribution in [1.82, 2.24) is 4.31 Å². The minimum atomic E-state index is -4.81. The van der Waals surface area contributed by atoms with E-state index in [1.165, 1.54) is 28.6 Å². The van der Waals surface area contributed by atoms with Crippen molar-refractivity contribution >= 4 is 19.9 Å². The van der Waals surface area contributed by atoms with E-state index >= 15 is 0 Å². The third-order valence-corrected chi connectivity index (χ3v) is 8.54. The highest BCUT2D eigenvalue weighted by Crippen LogP contribution is 2.30. The fourth-order valence-electron chi connectivity index (χ4n) is 3.59. The molecule has 1 aliphatic carbocycles. The Bertz CT molecular complexity index is 1060. The molecule has 0 radical (unpaired) electrons. The Morgan fingerprint density at radius 1 is 0.833 bits per heavy atom. The van der Waals surface area contributed by atoms with Gasteiger partial charge in [-0.05, 0) is 54.8 Å². The zero-order valence-corrected chi connectivity index (χ0v) is 17.7. The predicted molar refractivity (Wildman–Crippen MR) is 106 cm³/mol. The molecule has 0 atom stereocenters. The molecule has 0 saturated heterocycles. The molecule has 0 N–H and O–H groups in total. The summed E-state index contributed by atoms with van der Waals surface area (Å²) in [7, 11) is -8.84. The molecular formula is C20H22F3NO4S2. The van der Waals surface area contributed by atoms with E-state index in [9.17, 15) is 30.0 Å². The number of hydrogen-bond donors (Lipinski definition) is 0. The smallest absolute Gasteiger partial charge is 0.218 e. The Morgan fingerprint density at radius 2 is 1.37 bits per heavy atom. The van der Waals surface area contributed by atoms with E-state index in [0.29, 0.717) is 18.4 Å². The second-order valence-electron chi connectivity index (χ2n) is 7.25. The first kappa shape index (κ1) is 22.8. The van der Waals surface area contributed by atoms with Crippen molar-refractivity contribution in [2.75, 3.05) is 0 Å². The highest BCUT2D eigenvalue weighted by atomic mass is 32.2. The summed E-state index contributed by atoms with van der Waals surface area (Å²) in [5.74, 6) is -4.01. The minimum Gasteiger partial charge on any atom is -0.218 e. The van der Waals surface area contributed by atoms with Gasteiger partial charge in [-0.3, -0.25) is 0 Å². The Balaban J connectivity index is 1.95. The van der Waals surface area contributed by atoms with Gasteiger partial charge in [0.2, 0.25) is 19.9 Å². The van der Waals surface area contributed by atoms with Gasteiger partial charge in [0.1, 0.15) is 5.82 Å². The van der Waals surface area contributed by atoms with Gasteiger partial charge >= 0.3 is 5.76 Å². The Hall–Kier alpha value is -1.91. The summed E-state index contributed by atoms with van der Waals surface area (Å²) in [6, 6.07) is 9.11. The number of benzene rings is 2. The van der Waals surface area contributed by atoms with Gasteiger partial charge in [-0.25, -0.2) is 21.2 Å². The van der Waals surface area contributed by atoms with Crippen LogP contribution in [0.2, 0.25) is 0 Å². The van der Waals surface area contributed by atoms with E-state index in [0.717, 1.165) is 43.5 Å². The summed E-state index contributed by atoms with van der Waals surface area (Å²) in [4.78, 5) is -0.817. The zero-order valence-electron chi connectivity index (χ0n) is 16.0. The summed E-state index contributed by atoms with van der Waals surface area (Å²) in [5, 5.41) is 0. The highest BCUT2D eigenvalue weighted by Gasteiger charge is 2.33. The lowest BCUT2D eigenvalue weighted by Crippen LogP contribution is -2.40. The molecule has 164 valence electrons. The van der Waals surface area contributed by atoms with Gasteiger partial charge in [0.05, 0.1) is 9.79 Å². The molecule has 30 heavy (non-hydrogen) atoms. The molecule has 0 bridgehead atoms. The topological polar surface area (TPSA) is 71.5 Å². The van der Waals surface area contributed by atoms with Crippen molar-refractivity contribution in [3.63, 3.8) is 0 Å². The number of sulfone groups is 1. The fourth-order valence-corrected chi connectivity index (χ4v) is 5.98. The number of nitrogens with zero attached hydrogens (tertiary/aromatic N) is 1. The van der Waals surface area contributed by atoms with Gasteiger partial charge in [0, 0.05) is 12.6 Å². The SMILES string of the molecule is O=S(=O)(c1ccc(S(=O)(=O)N(Cc2ccc(F)cc2)C2CCCCC2)cc1)C(F)F. The molecule has 10 heteroatoms. The molecule has 0 heterocycles. The molecule has 3 rings (SSSR count). The minimum absolute atomic E-state index is 0.0321. The van der Waals surface area contributed by atoms with Gasteiger partial charge in [0.15, 0.2) is 0 Å². The number of hydrogen-bond acceptors (Lipinski definition) is 4. The molecular weight excluding hydrogens is 439 g/mol. The van der Waals surface area contributed by atoms with Crippen molar-refractivity contribution in [3.05, 3.63) is 59.9 Å². The van der Waals surface area contributed by atoms with E-state index in [-0.39, 0.29) is 17.5 Å². The third kappa shape index (κ3) is 4.87. The maximum absolute atomic E-state index is 13.4. The first-order chi connectivity index (χ1) is 14.1. The van der Waals surface area contributed by atoms with Crippen LogP contribution in [0.15, 0.2) is 58.3 Å². The Kier molecular flexibility index (Phi) is 6.88. The summed E-state index contributed by atoms with van der Waals surface area (Å²) in [6.45, 7) is 0.0321. The van der Waals surface area contributed by atoms with Crippen LogP contribution in [0, 0.1) is 5.82 Å². The third-order valence-electron chi connectivity index (χ3n) is 5.23. The summed E-state index contributed by atoms with van der Waals surface area (Å²) < 4.78 is 90.0. The van der Waals surface area contributed by atoms with Crippen LogP contribution in [-0.2, 0) is 26.4 Å². The Morgan fingerprint density at radius 3 is 1.90 bits per heavy atom. The van der Waals surface area contributed by atoms with E-state index in [4.69, 9.17) is 0 Å². The Labute approximate surface area is 174 Å². The van der Waals surface area contributed by atoms with Crippen molar-refractivity contribution in [3.8, 4) is 0 Å². The maximum Gasteiger partial charge on any atom is 0.341 e. The quantitative estimate of drug-likeness (QED) is 0.615. The van der Waals surface area contributed by atoms with E-state index in [1.54, 1.807) is 0 Å². The van der Waals surface area contributed by atoms with E-state index in [1.807, 2.05) is 0 Å². The van der Waals surface area contributed by atoms with E-state index < -0.39 is 36.3 Å². The zero-order chi connectivity index (χ0) is 21.9. The van der Waals surface area contributed by atoms with Gasteiger partial charge in [-0.2, -0.15) is 13.1 Å². The molecule has 0 aliphatic heterocycles. The van der Waals surface area contributed by atoms with Crippen molar-refractivity contribution in [2.45, 2.75) is 60.2 Å². The lowest BCUT2D eigenvalue weighted by molar-refractivity contribution is 0.234. The second kappa shape index (κ2) is 9.07. The predicted octanol–water partition coefficient (Wildman–Crippen LogP) is 4.35. The number of halogens is 3. The van der Waals surface area contributed by atoms with Crippen LogP contribution < -0.4 is 0 Å². The van der Waals surface area contributed by atoms with Gasteiger partial charge < -0.3 is 0 Å². The van der Waals surface area contributed by atoms with Gasteiger partial charge in [-0.1, -0.05) is 31.4 Å². The summed E-state index contributed by atoms with van der Waals surface area (Å²) in [5.41, 5.74) is 0.613. The molecule has 0 spiro atoms. The van der Waals surface area contributed by atoms with Crippen LogP contribution in [0.4, 0.5) is 13.2 Å². The first-order valence-electron chi connectivity index (χ1n) is 9.51. The summed E-state index contributed by atoms with van der Waals surface area (Å²) in [6.07, 6.45) is 4.13. The monoisotopic (exact) mass is 461 g/mol. The average Bonchev–Trinajstić information content (AvgIpc) is 2.73. The molecule has 2 aromatic carbocycles. The van der Waals surface area contributed by atoms with Crippen LogP contribution in [0.1, 0.15) is 37.7 Å². The molecule has 2 aromatic rings. The van der Waals surface area contributed by atoms with Gasteiger partial charge in [-0.15, -0.1) is 0 Å². The van der Waals surface area contributed by atoms with Crippen LogP contribution >= 0.6 is 0 Å². The maximum atomic E-state index is 13.4. The summed E-state index contributed by atoms with van der Waals surface area (Å²) >= 11 is 0. The molecule has 0 aromatic heterocycles. The van der Waals surface area contributed by atoms with Crippen LogP contribution in [-0.4, -0.2) is 32.9 Å². The van der Waals surface area contributed by atoms with Crippen LogP contribution in [0.3, 0.4) is 0 Å². The number of sulfonamides is 1. The normalized spacial score (nSPS) is 16.3. The fraction of sp³-hybridized carbons (Fsp3) is 0.400. The van der Waals surface area contributed by atoms with E-state index in [2.05, 4.69) is 0 Å². The second-order valence-corrected chi connectivity index (χ2v) is 11.1. The van der Waals surface area contributed by atoms with Crippen molar-refractivity contribution in [1.29, 1.82) is 0 Å². The van der Waals surface area contributed by atoms with Crippen molar-refractivity contribution < 1.29 is 30.0 Å². The molecule has 1 saturated carbocycles.